The Morgan fingerprint density at radius 3 is 2.23 bits per heavy atom. The largest absolute Gasteiger partial charge is 0.456 e. The monoisotopic (exact) mass is 633 g/mol. The topological polar surface area (TPSA) is 136 Å². The van der Waals surface area contributed by atoms with Gasteiger partial charge in [0.1, 0.15) is 22.9 Å². The van der Waals surface area contributed by atoms with Gasteiger partial charge in [0.15, 0.2) is 0 Å². The molecule has 3 N–H and O–H groups in total. The molecule has 0 saturated heterocycles. The van der Waals surface area contributed by atoms with Gasteiger partial charge in [-0.1, -0.05) is 6.07 Å². The van der Waals surface area contributed by atoms with Gasteiger partial charge >= 0.3 is 0 Å². The molecule has 0 aromatic heterocycles. The predicted octanol–water partition coefficient (Wildman–Crippen LogP) is 4.10. The quantitative estimate of drug-likeness (QED) is 0.357. The summed E-state index contributed by atoms with van der Waals surface area (Å²) in [7, 11) is -8.34. The van der Waals surface area contributed by atoms with Crippen molar-refractivity contribution in [3.8, 4) is 11.5 Å². The number of sulfonamides is 2. The molecule has 186 valence electrons. The number of hydrogen-bond acceptors (Lipinski definition) is 7. The number of hydrogen-bond donors (Lipinski definition) is 2. The third-order valence-corrected chi connectivity index (χ3v) is 8.47. The Morgan fingerprint density at radius 1 is 1.00 bits per heavy atom. The Balaban J connectivity index is 2.08. The molecule has 0 radical (unpaired) electrons. The molecule has 0 spiro atoms. The molecule has 3 aromatic rings. The van der Waals surface area contributed by atoms with Crippen molar-refractivity contribution in [3.63, 3.8) is 0 Å². The van der Waals surface area contributed by atoms with Crippen LogP contribution in [0.5, 0.6) is 11.5 Å². The summed E-state index contributed by atoms with van der Waals surface area (Å²) >= 11 is 1.97. The summed E-state index contributed by atoms with van der Waals surface area (Å²) in [6, 6.07) is 13.0. The highest BCUT2D eigenvalue weighted by atomic mass is 127. The van der Waals surface area contributed by atoms with Gasteiger partial charge in [-0.25, -0.2) is 21.2 Å². The normalized spacial score (nSPS) is 11.7. The van der Waals surface area contributed by atoms with Crippen LogP contribution < -0.4 is 19.5 Å². The van der Waals surface area contributed by atoms with Crippen LogP contribution >= 0.6 is 22.6 Å². The number of nitrogens with one attached hydrogen (secondary N) is 1. The van der Waals surface area contributed by atoms with E-state index in [1.807, 2.05) is 22.6 Å². The van der Waals surface area contributed by atoms with E-state index >= 15 is 0 Å². The average Bonchev–Trinajstić information content (AvgIpc) is 2.67. The number of carbonyl (C=O) groups is 1. The third-order valence-electron chi connectivity index (χ3n) is 4.55. The maximum absolute atomic E-state index is 14.4. The summed E-state index contributed by atoms with van der Waals surface area (Å²) < 4.78 is 69.6. The average molecular weight is 633 g/mol. The van der Waals surface area contributed by atoms with Crippen LogP contribution in [0.2, 0.25) is 0 Å². The standard InChI is InChI=1S/C22H21FIN3O6S2/c1-13-9-19(26-18-8-7-14(24)11-17(18)23)21(22(25)28)20(10-13)33-16-6-4-5-15(12-16)27(34(2,29)30)35(3,31)32/h4-12,26H,1-3H3,(H2,25,28). The molecular weight excluding hydrogens is 612 g/mol. The van der Waals surface area contributed by atoms with Crippen molar-refractivity contribution in [1.29, 1.82) is 0 Å². The van der Waals surface area contributed by atoms with Gasteiger partial charge < -0.3 is 15.8 Å². The van der Waals surface area contributed by atoms with Gasteiger partial charge in [-0.3, -0.25) is 4.79 Å². The van der Waals surface area contributed by atoms with E-state index < -0.39 is 31.8 Å². The first-order valence-electron chi connectivity index (χ1n) is 9.82. The van der Waals surface area contributed by atoms with Crippen molar-refractivity contribution >= 4 is 65.6 Å². The van der Waals surface area contributed by atoms with Crippen molar-refractivity contribution in [1.82, 2.24) is 0 Å². The molecule has 0 bridgehead atoms. The second-order valence-electron chi connectivity index (χ2n) is 7.62. The van der Waals surface area contributed by atoms with Crippen molar-refractivity contribution < 1.29 is 30.8 Å². The van der Waals surface area contributed by atoms with E-state index in [2.05, 4.69) is 5.32 Å². The van der Waals surface area contributed by atoms with E-state index in [1.54, 1.807) is 19.1 Å². The van der Waals surface area contributed by atoms with Crippen LogP contribution in [0.4, 0.5) is 21.5 Å². The number of rotatable bonds is 8. The smallest absolute Gasteiger partial charge is 0.254 e. The number of benzene rings is 3. The molecule has 3 rings (SSSR count). The lowest BCUT2D eigenvalue weighted by atomic mass is 10.1. The molecule has 0 atom stereocenters. The van der Waals surface area contributed by atoms with Crippen molar-refractivity contribution in [2.45, 2.75) is 6.92 Å². The summed E-state index contributed by atoms with van der Waals surface area (Å²) in [5.74, 6) is -1.35. The van der Waals surface area contributed by atoms with Crippen molar-refractivity contribution in [2.24, 2.45) is 5.73 Å². The van der Waals surface area contributed by atoms with E-state index in [0.29, 0.717) is 9.13 Å². The lowest BCUT2D eigenvalue weighted by Crippen LogP contribution is -2.35. The molecule has 35 heavy (non-hydrogen) atoms. The van der Waals surface area contributed by atoms with Gasteiger partial charge in [-0.15, -0.1) is 0 Å². The van der Waals surface area contributed by atoms with Gasteiger partial charge in [0.25, 0.3) is 5.91 Å². The molecule has 1 amide bonds. The molecule has 0 saturated carbocycles. The Hall–Kier alpha value is -2.91. The molecule has 0 aliphatic heterocycles. The summed E-state index contributed by atoms with van der Waals surface area (Å²) in [5, 5.41) is 2.86. The van der Waals surface area contributed by atoms with Crippen LogP contribution in [0.3, 0.4) is 0 Å². The molecule has 13 heteroatoms. The number of nitrogens with zero attached hydrogens (tertiary/aromatic N) is 1. The zero-order chi connectivity index (χ0) is 26.1. The minimum Gasteiger partial charge on any atom is -0.456 e. The van der Waals surface area contributed by atoms with Gasteiger partial charge in [0, 0.05) is 9.64 Å². The van der Waals surface area contributed by atoms with Gasteiger partial charge in [0.05, 0.1) is 29.6 Å². The molecule has 0 aliphatic carbocycles. The predicted molar refractivity (Wildman–Crippen MR) is 141 cm³/mol. The summed E-state index contributed by atoms with van der Waals surface area (Å²) in [6.07, 6.45) is 1.52. The maximum Gasteiger partial charge on any atom is 0.254 e. The number of aryl methyl sites for hydroxylation is 1. The number of anilines is 3. The van der Waals surface area contributed by atoms with Gasteiger partial charge in [0.2, 0.25) is 20.0 Å². The lowest BCUT2D eigenvalue weighted by molar-refractivity contribution is 0.0999. The van der Waals surface area contributed by atoms with Gasteiger partial charge in [-0.05, 0) is 77.5 Å². The fraction of sp³-hybridized carbons (Fsp3) is 0.136. The summed E-state index contributed by atoms with van der Waals surface area (Å²) in [4.78, 5) is 12.4. The first-order chi connectivity index (χ1) is 16.2. The maximum atomic E-state index is 14.4. The van der Waals surface area contributed by atoms with Crippen LogP contribution in [0, 0.1) is 16.3 Å². The van der Waals surface area contributed by atoms with E-state index in [1.165, 1.54) is 42.5 Å². The summed E-state index contributed by atoms with van der Waals surface area (Å²) in [5.41, 5.74) is 6.29. The molecule has 9 nitrogen and oxygen atoms in total. The Bertz CT molecular complexity index is 1500. The molecule has 0 unspecified atom stereocenters. The summed E-state index contributed by atoms with van der Waals surface area (Å²) in [6.45, 7) is 1.72. The minimum atomic E-state index is -4.17. The number of halogens is 2. The lowest BCUT2D eigenvalue weighted by Gasteiger charge is -2.21. The SMILES string of the molecule is Cc1cc(Nc2ccc(I)cc2F)c(C(N)=O)c(Oc2cccc(N(S(C)(=O)=O)S(C)(=O)=O)c2)c1. The first-order valence-corrected chi connectivity index (χ1v) is 14.6. The van der Waals surface area contributed by atoms with E-state index in [0.717, 1.165) is 12.5 Å². The van der Waals surface area contributed by atoms with Crippen LogP contribution in [-0.4, -0.2) is 35.3 Å². The minimum absolute atomic E-state index is 0.00771. The number of carbonyl (C=O) groups excluding carboxylic acids is 1. The van der Waals surface area contributed by atoms with Crippen LogP contribution in [0.15, 0.2) is 54.6 Å². The highest BCUT2D eigenvalue weighted by Gasteiger charge is 2.28. The van der Waals surface area contributed by atoms with Crippen molar-refractivity contribution in [2.75, 3.05) is 21.5 Å². The molecule has 0 aliphatic rings. The number of primary amides is 1. The number of amides is 1. The van der Waals surface area contributed by atoms with Crippen LogP contribution in [0.1, 0.15) is 15.9 Å². The number of nitrogens with two attached hydrogens (primary N) is 1. The van der Waals surface area contributed by atoms with E-state index in [9.17, 15) is 26.0 Å². The highest BCUT2D eigenvalue weighted by Crippen LogP contribution is 2.36. The zero-order valence-corrected chi connectivity index (χ0v) is 22.5. The molecule has 0 heterocycles. The highest BCUT2D eigenvalue weighted by molar-refractivity contribution is 14.1. The van der Waals surface area contributed by atoms with Crippen LogP contribution in [-0.2, 0) is 20.0 Å². The molecule has 0 fully saturated rings. The van der Waals surface area contributed by atoms with Gasteiger partial charge in [-0.2, -0.15) is 3.71 Å². The fourth-order valence-corrected chi connectivity index (χ4v) is 6.75. The van der Waals surface area contributed by atoms with Crippen molar-refractivity contribution in [3.05, 3.63) is 75.1 Å². The zero-order valence-electron chi connectivity index (χ0n) is 18.7. The Morgan fingerprint density at radius 2 is 1.66 bits per heavy atom. The Kier molecular flexibility index (Phi) is 7.62. The molecule has 3 aromatic carbocycles. The Labute approximate surface area is 216 Å². The third kappa shape index (κ3) is 6.41. The van der Waals surface area contributed by atoms with Crippen LogP contribution in [0.25, 0.3) is 0 Å². The fourth-order valence-electron chi connectivity index (χ4n) is 3.34. The number of ether oxygens (including phenoxy) is 1. The molecular formula is C22H21FIN3O6S2. The first kappa shape index (κ1) is 26.7. The van der Waals surface area contributed by atoms with E-state index in [-0.39, 0.29) is 37.8 Å². The van der Waals surface area contributed by atoms with E-state index in [4.69, 9.17) is 10.5 Å². The second kappa shape index (κ2) is 9.99. The second-order valence-corrected chi connectivity index (χ2v) is 12.8.